The number of carbonyl (C=O) groups is 1. The van der Waals surface area contributed by atoms with Crippen LogP contribution in [0.1, 0.15) is 47.0 Å². The Hall–Kier alpha value is -0.330. The third kappa shape index (κ3) is 2.55. The molecule has 0 aliphatic heterocycles. The summed E-state index contributed by atoms with van der Waals surface area (Å²) in [6, 6.07) is 0. The van der Waals surface area contributed by atoms with Crippen molar-refractivity contribution >= 4 is 5.78 Å². The molecular formula is C12H22O. The predicted molar refractivity (Wildman–Crippen MR) is 55.5 cm³/mol. The molecule has 1 aliphatic rings. The number of hydrogen-bond donors (Lipinski definition) is 0. The molecule has 0 aromatic rings. The van der Waals surface area contributed by atoms with E-state index in [1.54, 1.807) is 6.92 Å². The lowest BCUT2D eigenvalue weighted by molar-refractivity contribution is -0.124. The van der Waals surface area contributed by atoms with Crippen molar-refractivity contribution in [2.75, 3.05) is 0 Å². The number of rotatable bonds is 2. The molecule has 1 fully saturated rings. The van der Waals surface area contributed by atoms with Crippen LogP contribution in [0.3, 0.4) is 0 Å². The summed E-state index contributed by atoms with van der Waals surface area (Å²) in [5.74, 6) is 2.83. The van der Waals surface area contributed by atoms with Gasteiger partial charge in [-0.05, 0) is 37.5 Å². The van der Waals surface area contributed by atoms with Gasteiger partial charge in [-0.25, -0.2) is 0 Å². The lowest BCUT2D eigenvalue weighted by atomic mass is 9.69. The number of ketones is 1. The highest BCUT2D eigenvalue weighted by Crippen LogP contribution is 2.38. The standard InChI is InChI=1S/C12H22O/c1-8(2)11-6-5-9(3)7-12(11)10(4)13/h8-9,11-12H,5-7H2,1-4H3. The molecule has 1 saturated carbocycles. The number of carbonyl (C=O) groups excluding carboxylic acids is 1. The van der Waals surface area contributed by atoms with Crippen LogP contribution in [-0.4, -0.2) is 5.78 Å². The van der Waals surface area contributed by atoms with Gasteiger partial charge in [-0.3, -0.25) is 4.79 Å². The van der Waals surface area contributed by atoms with Crippen LogP contribution >= 0.6 is 0 Å². The first-order chi connectivity index (χ1) is 6.02. The summed E-state index contributed by atoms with van der Waals surface area (Å²) >= 11 is 0. The Bertz CT molecular complexity index is 184. The van der Waals surface area contributed by atoms with E-state index in [4.69, 9.17) is 0 Å². The molecule has 0 spiro atoms. The first-order valence-electron chi connectivity index (χ1n) is 5.52. The van der Waals surface area contributed by atoms with Crippen molar-refractivity contribution in [2.45, 2.75) is 47.0 Å². The Balaban J connectivity index is 2.66. The Morgan fingerprint density at radius 1 is 1.31 bits per heavy atom. The fraction of sp³-hybridized carbons (Fsp3) is 0.917. The minimum absolute atomic E-state index is 0.351. The maximum atomic E-state index is 11.5. The minimum atomic E-state index is 0.351. The fourth-order valence-electron chi connectivity index (χ4n) is 2.67. The first kappa shape index (κ1) is 10.7. The maximum absolute atomic E-state index is 11.5. The quantitative estimate of drug-likeness (QED) is 0.640. The van der Waals surface area contributed by atoms with Crippen molar-refractivity contribution in [1.29, 1.82) is 0 Å². The van der Waals surface area contributed by atoms with Gasteiger partial charge in [0.2, 0.25) is 0 Å². The van der Waals surface area contributed by atoms with Crippen molar-refractivity contribution in [3.63, 3.8) is 0 Å². The highest BCUT2D eigenvalue weighted by atomic mass is 16.1. The van der Waals surface area contributed by atoms with Gasteiger partial charge >= 0.3 is 0 Å². The fourth-order valence-corrected chi connectivity index (χ4v) is 2.67. The molecule has 0 aromatic heterocycles. The summed E-state index contributed by atoms with van der Waals surface area (Å²) in [7, 11) is 0. The van der Waals surface area contributed by atoms with E-state index in [9.17, 15) is 4.79 Å². The highest BCUT2D eigenvalue weighted by Gasteiger charge is 2.33. The molecule has 0 aromatic carbocycles. The van der Waals surface area contributed by atoms with E-state index in [2.05, 4.69) is 20.8 Å². The lowest BCUT2D eigenvalue weighted by Gasteiger charge is -2.35. The molecule has 1 heteroatoms. The molecule has 13 heavy (non-hydrogen) atoms. The SMILES string of the molecule is CC(=O)C1CC(C)CCC1C(C)C. The molecule has 1 nitrogen and oxygen atoms in total. The Labute approximate surface area is 81.9 Å². The molecule has 0 N–H and O–H groups in total. The van der Waals surface area contributed by atoms with Gasteiger partial charge in [0, 0.05) is 5.92 Å². The second kappa shape index (κ2) is 4.26. The summed E-state index contributed by atoms with van der Waals surface area (Å²) in [4.78, 5) is 11.5. The van der Waals surface area contributed by atoms with Crippen molar-refractivity contribution in [3.8, 4) is 0 Å². The van der Waals surface area contributed by atoms with Crippen molar-refractivity contribution < 1.29 is 4.79 Å². The molecule has 76 valence electrons. The van der Waals surface area contributed by atoms with Gasteiger partial charge in [0.1, 0.15) is 5.78 Å². The van der Waals surface area contributed by atoms with Crippen LogP contribution in [0.25, 0.3) is 0 Å². The molecular weight excluding hydrogens is 160 g/mol. The molecule has 1 aliphatic carbocycles. The molecule has 3 atom stereocenters. The van der Waals surface area contributed by atoms with E-state index in [1.807, 2.05) is 0 Å². The summed E-state index contributed by atoms with van der Waals surface area (Å²) in [5, 5.41) is 0. The lowest BCUT2D eigenvalue weighted by Crippen LogP contribution is -2.32. The van der Waals surface area contributed by atoms with Crippen LogP contribution < -0.4 is 0 Å². The van der Waals surface area contributed by atoms with E-state index in [1.165, 1.54) is 12.8 Å². The smallest absolute Gasteiger partial charge is 0.133 e. The van der Waals surface area contributed by atoms with E-state index >= 15 is 0 Å². The molecule has 1 rings (SSSR count). The van der Waals surface area contributed by atoms with Crippen LogP contribution in [0.5, 0.6) is 0 Å². The third-order valence-corrected chi connectivity index (χ3v) is 3.54. The van der Waals surface area contributed by atoms with E-state index < -0.39 is 0 Å². The maximum Gasteiger partial charge on any atom is 0.133 e. The Morgan fingerprint density at radius 2 is 1.92 bits per heavy atom. The van der Waals surface area contributed by atoms with Crippen LogP contribution in [0, 0.1) is 23.7 Å². The molecule has 0 saturated heterocycles. The van der Waals surface area contributed by atoms with Crippen molar-refractivity contribution in [2.24, 2.45) is 23.7 Å². The summed E-state index contributed by atoms with van der Waals surface area (Å²) in [6.07, 6.45) is 3.69. The first-order valence-corrected chi connectivity index (χ1v) is 5.52. The average molecular weight is 182 g/mol. The normalized spacial score (nSPS) is 35.0. The summed E-state index contributed by atoms with van der Waals surface area (Å²) in [6.45, 7) is 8.53. The Kier molecular flexibility index (Phi) is 3.52. The van der Waals surface area contributed by atoms with E-state index in [0.29, 0.717) is 23.5 Å². The average Bonchev–Trinajstić information content (AvgIpc) is 2.03. The highest BCUT2D eigenvalue weighted by molar-refractivity contribution is 5.78. The van der Waals surface area contributed by atoms with Gasteiger partial charge in [0.15, 0.2) is 0 Å². The van der Waals surface area contributed by atoms with Gasteiger partial charge in [-0.1, -0.05) is 27.2 Å². The Morgan fingerprint density at radius 3 is 2.38 bits per heavy atom. The zero-order valence-electron chi connectivity index (χ0n) is 9.34. The summed E-state index contributed by atoms with van der Waals surface area (Å²) in [5.41, 5.74) is 0. The van der Waals surface area contributed by atoms with Crippen LogP contribution in [0.2, 0.25) is 0 Å². The second-order valence-electron chi connectivity index (χ2n) is 5.04. The van der Waals surface area contributed by atoms with E-state index in [0.717, 1.165) is 12.3 Å². The largest absolute Gasteiger partial charge is 0.300 e. The number of Topliss-reactive ketones (excluding diaryl/α,β-unsaturated/α-hetero) is 1. The predicted octanol–water partition coefficient (Wildman–Crippen LogP) is 3.28. The molecule has 3 unspecified atom stereocenters. The van der Waals surface area contributed by atoms with Gasteiger partial charge in [0.25, 0.3) is 0 Å². The topological polar surface area (TPSA) is 17.1 Å². The van der Waals surface area contributed by atoms with Crippen LogP contribution in [0.4, 0.5) is 0 Å². The van der Waals surface area contributed by atoms with Crippen LogP contribution in [-0.2, 0) is 4.79 Å². The second-order valence-corrected chi connectivity index (χ2v) is 5.04. The monoisotopic (exact) mass is 182 g/mol. The zero-order valence-corrected chi connectivity index (χ0v) is 9.34. The van der Waals surface area contributed by atoms with Crippen molar-refractivity contribution in [3.05, 3.63) is 0 Å². The molecule has 0 radical (unpaired) electrons. The molecule has 0 heterocycles. The van der Waals surface area contributed by atoms with Gasteiger partial charge in [-0.2, -0.15) is 0 Å². The molecule has 0 amide bonds. The van der Waals surface area contributed by atoms with Crippen molar-refractivity contribution in [1.82, 2.24) is 0 Å². The van der Waals surface area contributed by atoms with Gasteiger partial charge in [-0.15, -0.1) is 0 Å². The van der Waals surface area contributed by atoms with Gasteiger partial charge < -0.3 is 0 Å². The number of hydrogen-bond acceptors (Lipinski definition) is 1. The zero-order chi connectivity index (χ0) is 10.0. The van der Waals surface area contributed by atoms with E-state index in [-0.39, 0.29) is 0 Å². The third-order valence-electron chi connectivity index (χ3n) is 3.54. The minimum Gasteiger partial charge on any atom is -0.300 e. The van der Waals surface area contributed by atoms with Gasteiger partial charge in [0.05, 0.1) is 0 Å². The summed E-state index contributed by atoms with van der Waals surface area (Å²) < 4.78 is 0. The van der Waals surface area contributed by atoms with Crippen LogP contribution in [0.15, 0.2) is 0 Å². The molecule has 0 bridgehead atoms.